The summed E-state index contributed by atoms with van der Waals surface area (Å²) in [6, 6.07) is 14.5. The molecule has 1 aliphatic rings. The van der Waals surface area contributed by atoms with Gasteiger partial charge in [-0.15, -0.1) is 0 Å². The van der Waals surface area contributed by atoms with Crippen molar-refractivity contribution in [2.45, 2.75) is 70.3 Å². The Morgan fingerprint density at radius 2 is 1.58 bits per heavy atom. The summed E-state index contributed by atoms with van der Waals surface area (Å²) in [4.78, 5) is 53.1. The number of rotatable bonds is 11. The van der Waals surface area contributed by atoms with E-state index >= 15 is 0 Å². The van der Waals surface area contributed by atoms with Crippen molar-refractivity contribution in [3.05, 3.63) is 54.5 Å². The summed E-state index contributed by atoms with van der Waals surface area (Å²) in [5.74, 6) is -4.51. The third-order valence-electron chi connectivity index (χ3n) is 7.79. The molecule has 1 aliphatic heterocycles. The highest BCUT2D eigenvalue weighted by molar-refractivity contribution is 5.86. The van der Waals surface area contributed by atoms with Crippen LogP contribution in [0.15, 0.2) is 48.7 Å². The average molecular weight is 718 g/mol. The van der Waals surface area contributed by atoms with Gasteiger partial charge >= 0.3 is 24.3 Å². The van der Waals surface area contributed by atoms with Crippen LogP contribution >= 0.6 is 0 Å². The lowest BCUT2D eigenvalue weighted by molar-refractivity contribution is -0.193. The quantitative estimate of drug-likeness (QED) is 0.118. The van der Waals surface area contributed by atoms with Crippen molar-refractivity contribution in [2.75, 3.05) is 26.7 Å². The lowest BCUT2D eigenvalue weighted by Gasteiger charge is -2.31. The molecule has 2 atom stereocenters. The van der Waals surface area contributed by atoms with Crippen LogP contribution in [0.2, 0.25) is 0 Å². The van der Waals surface area contributed by atoms with E-state index in [1.165, 1.54) is 10.8 Å². The van der Waals surface area contributed by atoms with Crippen molar-refractivity contribution in [3.63, 3.8) is 0 Å². The van der Waals surface area contributed by atoms with E-state index in [1.54, 1.807) is 7.05 Å². The summed E-state index contributed by atoms with van der Waals surface area (Å²) in [6.45, 7) is 5.02. The lowest BCUT2D eigenvalue weighted by atomic mass is 9.96. The third-order valence-corrected chi connectivity index (χ3v) is 7.79. The van der Waals surface area contributed by atoms with Gasteiger partial charge in [-0.3, -0.25) is 9.59 Å². The van der Waals surface area contributed by atoms with Crippen molar-refractivity contribution in [1.82, 2.24) is 25.5 Å². The number of halogens is 6. The second kappa shape index (κ2) is 19.5. The standard InChI is InChI=1S/C29H39N5O2.2C2HF3O2/c1-3-34-17-9-12-24(20-34)29(36)33-25(13-5-4-6-14-27(35)30-2)28-31-19-26(32-28)23-16-15-21-10-7-8-11-22(21)18-23;2*3-2(4,5)1(6)7/h7-8,10-11,15-16,18-19,24-25H,3-6,9,12-14,17,20H2,1-2H3,(H,30,35)(H,31,32)(H,33,36);2*(H,6,7)/t24?,25-;;/m0../s1. The molecule has 0 saturated carbocycles. The fourth-order valence-electron chi connectivity index (χ4n) is 5.08. The molecule has 3 aromatic rings. The fourth-order valence-corrected chi connectivity index (χ4v) is 5.08. The number of aliphatic carboxylic acids is 2. The van der Waals surface area contributed by atoms with E-state index in [0.29, 0.717) is 6.42 Å². The number of hydrogen-bond donors (Lipinski definition) is 5. The van der Waals surface area contributed by atoms with Crippen LogP contribution in [-0.2, 0) is 19.2 Å². The molecule has 17 heteroatoms. The maximum atomic E-state index is 13.3. The number of amides is 2. The molecule has 276 valence electrons. The van der Waals surface area contributed by atoms with E-state index < -0.39 is 24.3 Å². The molecule has 1 aromatic heterocycles. The first-order valence-electron chi connectivity index (χ1n) is 15.8. The van der Waals surface area contributed by atoms with Crippen LogP contribution < -0.4 is 10.6 Å². The van der Waals surface area contributed by atoms with E-state index in [1.807, 2.05) is 18.3 Å². The van der Waals surface area contributed by atoms with Crippen molar-refractivity contribution in [2.24, 2.45) is 5.92 Å². The summed E-state index contributed by atoms with van der Waals surface area (Å²) in [5.41, 5.74) is 2.03. The Labute approximate surface area is 284 Å². The van der Waals surface area contributed by atoms with Crippen LogP contribution in [0, 0.1) is 5.92 Å². The predicted molar refractivity (Wildman–Crippen MR) is 172 cm³/mol. The van der Waals surface area contributed by atoms with Gasteiger partial charge in [-0.25, -0.2) is 14.6 Å². The highest BCUT2D eigenvalue weighted by Gasteiger charge is 2.39. The number of unbranched alkanes of at least 4 members (excludes halogenated alkanes) is 2. The Kier molecular flexibility index (Phi) is 16.2. The molecule has 50 heavy (non-hydrogen) atoms. The second-order valence-corrected chi connectivity index (χ2v) is 11.4. The summed E-state index contributed by atoms with van der Waals surface area (Å²) in [7, 11) is 1.67. The molecular formula is C33H41F6N5O6. The number of imidazole rings is 1. The first-order valence-corrected chi connectivity index (χ1v) is 15.8. The molecule has 2 amide bonds. The van der Waals surface area contributed by atoms with Gasteiger partial charge < -0.3 is 30.7 Å². The molecule has 1 saturated heterocycles. The Morgan fingerprint density at radius 3 is 2.16 bits per heavy atom. The van der Waals surface area contributed by atoms with Gasteiger partial charge in [0.1, 0.15) is 5.82 Å². The van der Waals surface area contributed by atoms with Crippen molar-refractivity contribution < 1.29 is 55.7 Å². The Balaban J connectivity index is 0.000000521. The van der Waals surface area contributed by atoms with Gasteiger partial charge in [-0.1, -0.05) is 56.2 Å². The largest absolute Gasteiger partial charge is 0.490 e. The zero-order valence-electron chi connectivity index (χ0n) is 27.5. The highest BCUT2D eigenvalue weighted by atomic mass is 19.4. The minimum absolute atomic E-state index is 0.0179. The van der Waals surface area contributed by atoms with Crippen LogP contribution in [0.3, 0.4) is 0 Å². The number of nitrogens with zero attached hydrogens (tertiary/aromatic N) is 2. The molecule has 2 aromatic carbocycles. The number of aromatic nitrogens is 2. The van der Waals surface area contributed by atoms with Gasteiger partial charge in [0.15, 0.2) is 0 Å². The van der Waals surface area contributed by atoms with Gasteiger partial charge in [-0.2, -0.15) is 26.3 Å². The van der Waals surface area contributed by atoms with Crippen LogP contribution in [0.4, 0.5) is 26.3 Å². The summed E-state index contributed by atoms with van der Waals surface area (Å²) >= 11 is 0. The molecule has 0 spiro atoms. The minimum Gasteiger partial charge on any atom is -0.475 e. The topological polar surface area (TPSA) is 165 Å². The number of H-pyrrole nitrogens is 1. The zero-order chi connectivity index (χ0) is 37.5. The molecule has 1 unspecified atom stereocenters. The number of piperidine rings is 1. The lowest BCUT2D eigenvalue weighted by Crippen LogP contribution is -2.44. The normalized spacial score (nSPS) is 15.5. The number of carboxylic acids is 2. The molecule has 4 rings (SSSR count). The van der Waals surface area contributed by atoms with Gasteiger partial charge in [0.25, 0.3) is 0 Å². The number of aromatic amines is 1. The minimum atomic E-state index is -5.08. The Morgan fingerprint density at radius 1 is 0.960 bits per heavy atom. The molecule has 0 aliphatic carbocycles. The van der Waals surface area contributed by atoms with Crippen molar-refractivity contribution in [1.29, 1.82) is 0 Å². The second-order valence-electron chi connectivity index (χ2n) is 11.4. The van der Waals surface area contributed by atoms with E-state index in [-0.39, 0.29) is 23.8 Å². The van der Waals surface area contributed by atoms with E-state index in [2.05, 4.69) is 57.8 Å². The number of benzene rings is 2. The number of carbonyl (C=O) groups excluding carboxylic acids is 2. The van der Waals surface area contributed by atoms with Gasteiger partial charge in [-0.05, 0) is 55.6 Å². The molecule has 11 nitrogen and oxygen atoms in total. The summed E-state index contributed by atoms with van der Waals surface area (Å²) in [5, 5.41) is 22.6. The molecule has 0 bridgehead atoms. The number of fused-ring (bicyclic) bond motifs is 1. The van der Waals surface area contributed by atoms with Crippen LogP contribution in [-0.4, -0.2) is 87.9 Å². The number of carbonyl (C=O) groups is 4. The number of carboxylic acid groups (broad SMARTS) is 2. The fraction of sp³-hybridized carbons (Fsp3) is 0.485. The monoisotopic (exact) mass is 717 g/mol. The Bertz CT molecular complexity index is 1540. The highest BCUT2D eigenvalue weighted by Crippen LogP contribution is 2.27. The van der Waals surface area contributed by atoms with E-state index in [9.17, 15) is 35.9 Å². The predicted octanol–water partition coefficient (Wildman–Crippen LogP) is 6.08. The molecule has 2 heterocycles. The van der Waals surface area contributed by atoms with Gasteiger partial charge in [0.05, 0.1) is 23.9 Å². The number of nitrogens with one attached hydrogen (secondary N) is 3. The first-order chi connectivity index (χ1) is 23.5. The smallest absolute Gasteiger partial charge is 0.475 e. The summed E-state index contributed by atoms with van der Waals surface area (Å²) in [6.07, 6.45) is -2.29. The number of alkyl halides is 6. The van der Waals surface area contributed by atoms with Crippen LogP contribution in [0.25, 0.3) is 22.0 Å². The average Bonchev–Trinajstić information content (AvgIpc) is 3.57. The first kappa shape index (κ1) is 41.5. The molecule has 1 fully saturated rings. The SMILES string of the molecule is CCN1CCCC(C(=O)N[C@@H](CCCCCC(=O)NC)c2ncc(-c3ccc4ccccc4c3)[nH]2)C1.O=C(O)C(F)(F)F.O=C(O)C(F)(F)F. The van der Waals surface area contributed by atoms with Gasteiger partial charge in [0, 0.05) is 25.6 Å². The maximum Gasteiger partial charge on any atom is 0.490 e. The van der Waals surface area contributed by atoms with E-state index in [0.717, 1.165) is 75.2 Å². The zero-order valence-corrected chi connectivity index (χ0v) is 27.5. The third kappa shape index (κ3) is 14.1. The summed E-state index contributed by atoms with van der Waals surface area (Å²) < 4.78 is 63.5. The number of likely N-dealkylation sites (tertiary alicyclic amines) is 1. The Hall–Kier alpha value is -4.67. The molecule has 5 N–H and O–H groups in total. The molecule has 0 radical (unpaired) electrons. The maximum absolute atomic E-state index is 13.3. The number of hydrogen-bond acceptors (Lipinski definition) is 6. The molecular weight excluding hydrogens is 676 g/mol. The van der Waals surface area contributed by atoms with Gasteiger partial charge in [0.2, 0.25) is 11.8 Å². The van der Waals surface area contributed by atoms with Crippen LogP contribution in [0.1, 0.15) is 63.7 Å². The van der Waals surface area contributed by atoms with Crippen LogP contribution in [0.5, 0.6) is 0 Å². The van der Waals surface area contributed by atoms with E-state index in [4.69, 9.17) is 24.8 Å². The van der Waals surface area contributed by atoms with Crippen molar-refractivity contribution >= 4 is 34.5 Å². The van der Waals surface area contributed by atoms with Crippen molar-refractivity contribution in [3.8, 4) is 11.3 Å².